The molecule has 1 aliphatic rings. The fourth-order valence-corrected chi connectivity index (χ4v) is 1.98. The zero-order chi connectivity index (χ0) is 14.2. The van der Waals surface area contributed by atoms with Crippen LogP contribution in [0.25, 0.3) is 0 Å². The molecule has 0 aliphatic carbocycles. The molecule has 1 aromatic rings. The summed E-state index contributed by atoms with van der Waals surface area (Å²) in [4.78, 5) is 35.0. The Labute approximate surface area is 108 Å². The smallest absolute Gasteiger partial charge is 0.345 e. The third kappa shape index (κ3) is 2.04. The highest BCUT2D eigenvalue weighted by Crippen LogP contribution is 2.28. The van der Waals surface area contributed by atoms with Gasteiger partial charge in [-0.25, -0.2) is 4.79 Å². The number of aliphatic carboxylic acids is 1. The Morgan fingerprint density at radius 2 is 2.05 bits per heavy atom. The van der Waals surface area contributed by atoms with Crippen molar-refractivity contribution in [2.45, 2.75) is 12.0 Å². The first-order valence-corrected chi connectivity index (χ1v) is 5.54. The van der Waals surface area contributed by atoms with Crippen molar-refractivity contribution in [1.29, 1.82) is 0 Å². The molecular weight excluding hydrogens is 252 g/mol. The van der Waals surface area contributed by atoms with E-state index in [2.05, 4.69) is 0 Å². The molecule has 1 aliphatic heterocycles. The van der Waals surface area contributed by atoms with Crippen molar-refractivity contribution in [3.63, 3.8) is 0 Å². The van der Waals surface area contributed by atoms with Crippen molar-refractivity contribution in [3.8, 4) is 0 Å². The van der Waals surface area contributed by atoms with Gasteiger partial charge in [-0.05, 0) is 18.2 Å². The number of anilines is 1. The Bertz CT molecular complexity index is 571. The van der Waals surface area contributed by atoms with E-state index < -0.39 is 23.4 Å². The van der Waals surface area contributed by atoms with Gasteiger partial charge in [0.25, 0.3) is 5.91 Å². The molecule has 100 valence electrons. The lowest BCUT2D eigenvalue weighted by Crippen LogP contribution is -2.46. The highest BCUT2D eigenvalue weighted by molar-refractivity contribution is 6.14. The third-order valence-corrected chi connectivity index (χ3v) is 3.09. The van der Waals surface area contributed by atoms with Gasteiger partial charge in [0.05, 0.1) is 0 Å². The van der Waals surface area contributed by atoms with Gasteiger partial charge in [-0.15, -0.1) is 0 Å². The first-order chi connectivity index (χ1) is 8.86. The second-order valence-corrected chi connectivity index (χ2v) is 4.29. The summed E-state index contributed by atoms with van der Waals surface area (Å²) in [5.41, 5.74) is 3.27. The first-order valence-electron chi connectivity index (χ1n) is 5.54. The van der Waals surface area contributed by atoms with E-state index in [0.29, 0.717) is 5.69 Å². The van der Waals surface area contributed by atoms with Crippen LogP contribution in [0.3, 0.4) is 0 Å². The number of carbonyl (C=O) groups excluding carboxylic acids is 2. The summed E-state index contributed by atoms with van der Waals surface area (Å²) >= 11 is 0. The van der Waals surface area contributed by atoms with Crippen molar-refractivity contribution in [2.75, 3.05) is 11.4 Å². The number of carboxylic acid groups (broad SMARTS) is 1. The van der Waals surface area contributed by atoms with Crippen molar-refractivity contribution < 1.29 is 24.6 Å². The summed E-state index contributed by atoms with van der Waals surface area (Å²) in [5.74, 6) is -3.14. The number of nitrogens with zero attached hydrogens (tertiary/aromatic N) is 1. The number of aliphatic hydroxyl groups is 1. The Morgan fingerprint density at radius 3 is 2.58 bits per heavy atom. The summed E-state index contributed by atoms with van der Waals surface area (Å²) in [5, 5.41) is 18.6. The van der Waals surface area contributed by atoms with Crippen LogP contribution in [-0.2, 0) is 9.59 Å². The number of hydrogen-bond donors (Lipinski definition) is 3. The number of rotatable bonds is 3. The van der Waals surface area contributed by atoms with Crippen LogP contribution in [0.1, 0.15) is 16.8 Å². The Hall–Kier alpha value is -2.41. The largest absolute Gasteiger partial charge is 0.479 e. The van der Waals surface area contributed by atoms with Crippen LogP contribution in [0, 0.1) is 0 Å². The predicted molar refractivity (Wildman–Crippen MR) is 64.5 cm³/mol. The van der Waals surface area contributed by atoms with E-state index in [9.17, 15) is 19.5 Å². The van der Waals surface area contributed by atoms with Gasteiger partial charge in [0.1, 0.15) is 0 Å². The maximum absolute atomic E-state index is 11.9. The molecule has 2 amide bonds. The molecule has 0 bridgehead atoms. The van der Waals surface area contributed by atoms with Crippen molar-refractivity contribution in [1.82, 2.24) is 0 Å². The monoisotopic (exact) mass is 264 g/mol. The van der Waals surface area contributed by atoms with Crippen LogP contribution in [-0.4, -0.2) is 40.1 Å². The van der Waals surface area contributed by atoms with Crippen LogP contribution in [0.4, 0.5) is 5.69 Å². The fraction of sp³-hybridized carbons (Fsp3) is 0.250. The molecule has 0 spiro atoms. The number of carboxylic acids is 1. The number of nitrogens with two attached hydrogens (primary N) is 1. The second kappa shape index (κ2) is 4.36. The minimum Gasteiger partial charge on any atom is -0.479 e. The van der Waals surface area contributed by atoms with Crippen LogP contribution >= 0.6 is 0 Å². The minimum absolute atomic E-state index is 0.0594. The molecule has 1 saturated heterocycles. The Kier molecular flexibility index (Phi) is 2.99. The van der Waals surface area contributed by atoms with Gasteiger partial charge < -0.3 is 20.8 Å². The van der Waals surface area contributed by atoms with E-state index in [0.717, 1.165) is 4.90 Å². The number of carbonyl (C=O) groups is 3. The van der Waals surface area contributed by atoms with Crippen LogP contribution in [0.5, 0.6) is 0 Å². The zero-order valence-electron chi connectivity index (χ0n) is 9.87. The summed E-state index contributed by atoms with van der Waals surface area (Å²) < 4.78 is 0. The second-order valence-electron chi connectivity index (χ2n) is 4.29. The van der Waals surface area contributed by atoms with E-state index >= 15 is 0 Å². The first kappa shape index (κ1) is 13.0. The average molecular weight is 264 g/mol. The van der Waals surface area contributed by atoms with E-state index in [4.69, 9.17) is 10.8 Å². The molecule has 1 aromatic carbocycles. The van der Waals surface area contributed by atoms with Gasteiger partial charge in [0.15, 0.2) is 0 Å². The number of amides is 2. The van der Waals surface area contributed by atoms with Crippen LogP contribution in [0.2, 0.25) is 0 Å². The van der Waals surface area contributed by atoms with E-state index in [1.807, 2.05) is 0 Å². The lowest BCUT2D eigenvalue weighted by Gasteiger charge is -2.19. The maximum Gasteiger partial charge on any atom is 0.345 e. The predicted octanol–water partition coefficient (Wildman–Crippen LogP) is -0.662. The summed E-state index contributed by atoms with van der Waals surface area (Å²) in [6.07, 6.45) is -0.206. The van der Waals surface area contributed by atoms with Crippen LogP contribution < -0.4 is 10.6 Å². The Morgan fingerprint density at radius 1 is 1.37 bits per heavy atom. The van der Waals surface area contributed by atoms with Crippen molar-refractivity contribution in [3.05, 3.63) is 29.8 Å². The lowest BCUT2D eigenvalue weighted by atomic mass is 10.0. The highest BCUT2D eigenvalue weighted by Gasteiger charge is 2.52. The average Bonchev–Trinajstić information content (AvgIpc) is 2.68. The van der Waals surface area contributed by atoms with Gasteiger partial charge >= 0.3 is 5.97 Å². The maximum atomic E-state index is 11.9. The summed E-state index contributed by atoms with van der Waals surface area (Å²) in [6.45, 7) is 0.0594. The van der Waals surface area contributed by atoms with Gasteiger partial charge in [-0.3, -0.25) is 9.59 Å². The van der Waals surface area contributed by atoms with Gasteiger partial charge in [-0.2, -0.15) is 0 Å². The number of hydrogen-bond acceptors (Lipinski definition) is 4. The van der Waals surface area contributed by atoms with Gasteiger partial charge in [0, 0.05) is 24.2 Å². The Balaban J connectivity index is 2.35. The molecule has 2 rings (SSSR count). The van der Waals surface area contributed by atoms with Crippen molar-refractivity contribution >= 4 is 23.5 Å². The molecule has 1 fully saturated rings. The van der Waals surface area contributed by atoms with E-state index in [1.165, 1.54) is 24.3 Å². The fourth-order valence-electron chi connectivity index (χ4n) is 1.98. The van der Waals surface area contributed by atoms with Crippen molar-refractivity contribution in [2.24, 2.45) is 5.73 Å². The highest BCUT2D eigenvalue weighted by atomic mass is 16.4. The molecule has 7 heteroatoms. The van der Waals surface area contributed by atoms with Crippen LogP contribution in [0.15, 0.2) is 24.3 Å². The molecule has 0 unspecified atom stereocenters. The molecular formula is C12H12N2O5. The van der Waals surface area contributed by atoms with E-state index in [1.54, 1.807) is 0 Å². The quantitative estimate of drug-likeness (QED) is 0.626. The molecule has 0 aromatic heterocycles. The summed E-state index contributed by atoms with van der Waals surface area (Å²) in [6, 6.07) is 5.93. The summed E-state index contributed by atoms with van der Waals surface area (Å²) in [7, 11) is 0. The molecule has 0 saturated carbocycles. The standard InChI is InChI=1S/C12H12N2O5/c13-9(15)7-2-1-3-8(6-7)14-5-4-12(19,10(14)16)11(17)18/h1-3,6,19H,4-5H2,(H2,13,15)(H,17,18)/t12-/m0/s1. The molecule has 1 heterocycles. The molecule has 4 N–H and O–H groups in total. The molecule has 1 atom stereocenters. The topological polar surface area (TPSA) is 121 Å². The minimum atomic E-state index is -2.40. The van der Waals surface area contributed by atoms with Gasteiger partial charge in [0.2, 0.25) is 11.5 Å². The lowest BCUT2D eigenvalue weighted by molar-refractivity contribution is -0.162. The normalized spacial score (nSPS) is 22.6. The number of primary amides is 1. The van der Waals surface area contributed by atoms with Gasteiger partial charge in [-0.1, -0.05) is 6.07 Å². The molecule has 19 heavy (non-hydrogen) atoms. The third-order valence-electron chi connectivity index (χ3n) is 3.09. The molecule has 7 nitrogen and oxygen atoms in total. The molecule has 0 radical (unpaired) electrons. The van der Waals surface area contributed by atoms with E-state index in [-0.39, 0.29) is 18.5 Å². The number of benzene rings is 1. The zero-order valence-corrected chi connectivity index (χ0v) is 9.87. The SMILES string of the molecule is NC(=O)c1cccc(N2CC[C@@](O)(C(=O)O)C2=O)c1.